The molecule has 1 saturated heterocycles. The van der Waals surface area contributed by atoms with Crippen LogP contribution in [-0.2, 0) is 6.61 Å². The maximum Gasteiger partial charge on any atom is 0.256 e. The highest BCUT2D eigenvalue weighted by atomic mass is 16.5. The second kappa shape index (κ2) is 11.1. The Kier molecular flexibility index (Phi) is 7.71. The van der Waals surface area contributed by atoms with Gasteiger partial charge in [-0.1, -0.05) is 30.3 Å². The molecule has 0 spiro atoms. The maximum absolute atomic E-state index is 13.3. The van der Waals surface area contributed by atoms with Gasteiger partial charge in [-0.2, -0.15) is 0 Å². The zero-order chi connectivity index (χ0) is 26.5. The predicted octanol–water partition coefficient (Wildman–Crippen LogP) is 3.35. The van der Waals surface area contributed by atoms with E-state index in [0.717, 1.165) is 11.1 Å². The number of piperazine rings is 1. The van der Waals surface area contributed by atoms with Gasteiger partial charge in [0.15, 0.2) is 11.5 Å². The number of ether oxygens (including phenoxy) is 3. The Labute approximate surface area is 216 Å². The molecule has 37 heavy (non-hydrogen) atoms. The van der Waals surface area contributed by atoms with E-state index in [4.69, 9.17) is 25.7 Å². The Morgan fingerprint density at radius 3 is 1.81 bits per heavy atom. The van der Waals surface area contributed by atoms with Crippen LogP contribution in [0.3, 0.4) is 0 Å². The van der Waals surface area contributed by atoms with Crippen molar-refractivity contribution in [2.75, 3.05) is 51.9 Å². The van der Waals surface area contributed by atoms with E-state index in [1.165, 1.54) is 7.11 Å². The zero-order valence-corrected chi connectivity index (χ0v) is 21.3. The van der Waals surface area contributed by atoms with Crippen LogP contribution in [0, 0.1) is 6.92 Å². The average Bonchev–Trinajstić information content (AvgIpc) is 2.92. The second-order valence-corrected chi connectivity index (χ2v) is 8.86. The van der Waals surface area contributed by atoms with Crippen LogP contribution >= 0.6 is 0 Å². The molecule has 4 N–H and O–H groups in total. The van der Waals surface area contributed by atoms with Crippen LogP contribution in [0.4, 0.5) is 11.4 Å². The molecule has 0 atom stereocenters. The van der Waals surface area contributed by atoms with Crippen LogP contribution in [0.2, 0.25) is 0 Å². The van der Waals surface area contributed by atoms with Crippen molar-refractivity contribution in [3.05, 3.63) is 76.9 Å². The quantitative estimate of drug-likeness (QED) is 0.474. The molecule has 1 heterocycles. The van der Waals surface area contributed by atoms with Crippen LogP contribution < -0.4 is 25.7 Å². The number of aryl methyl sites for hydroxylation is 1. The number of hydrogen-bond donors (Lipinski definition) is 2. The highest BCUT2D eigenvalue weighted by molar-refractivity contribution is 6.01. The SMILES string of the molecule is COc1cc(C(=O)N2CCN(C(=O)c3cc(OC)c(OCc4ccccc4)cc3N)CC2)c(N)cc1C. The Bertz CT molecular complexity index is 1290. The van der Waals surface area contributed by atoms with Crippen LogP contribution in [-0.4, -0.2) is 62.0 Å². The summed E-state index contributed by atoms with van der Waals surface area (Å²) >= 11 is 0. The topological polar surface area (TPSA) is 120 Å². The molecule has 1 fully saturated rings. The average molecular weight is 505 g/mol. The monoisotopic (exact) mass is 504 g/mol. The number of nitrogens with zero attached hydrogens (tertiary/aromatic N) is 2. The van der Waals surface area contributed by atoms with Gasteiger partial charge in [-0.3, -0.25) is 9.59 Å². The molecule has 3 aromatic rings. The third-order valence-electron chi connectivity index (χ3n) is 6.45. The third kappa shape index (κ3) is 5.55. The molecular formula is C28H32N4O5. The van der Waals surface area contributed by atoms with Gasteiger partial charge < -0.3 is 35.5 Å². The Hall–Kier alpha value is -4.40. The maximum atomic E-state index is 13.3. The molecular weight excluding hydrogens is 472 g/mol. The summed E-state index contributed by atoms with van der Waals surface area (Å²) in [5.41, 5.74) is 15.6. The number of rotatable bonds is 7. The van der Waals surface area contributed by atoms with Gasteiger partial charge in [0.25, 0.3) is 11.8 Å². The summed E-state index contributed by atoms with van der Waals surface area (Å²) in [5, 5.41) is 0. The second-order valence-electron chi connectivity index (χ2n) is 8.86. The smallest absolute Gasteiger partial charge is 0.256 e. The predicted molar refractivity (Wildman–Crippen MR) is 142 cm³/mol. The lowest BCUT2D eigenvalue weighted by molar-refractivity contribution is 0.0536. The number of amides is 2. The lowest BCUT2D eigenvalue weighted by Crippen LogP contribution is -2.50. The van der Waals surface area contributed by atoms with Gasteiger partial charge in [0.1, 0.15) is 12.4 Å². The molecule has 194 valence electrons. The molecule has 0 unspecified atom stereocenters. The Morgan fingerprint density at radius 1 is 0.757 bits per heavy atom. The first-order valence-corrected chi connectivity index (χ1v) is 12.0. The molecule has 9 nitrogen and oxygen atoms in total. The van der Waals surface area contributed by atoms with Gasteiger partial charge in [-0.15, -0.1) is 0 Å². The van der Waals surface area contributed by atoms with Gasteiger partial charge in [0.05, 0.1) is 25.3 Å². The van der Waals surface area contributed by atoms with Crippen molar-refractivity contribution in [1.29, 1.82) is 0 Å². The fourth-order valence-electron chi connectivity index (χ4n) is 4.34. The molecule has 0 saturated carbocycles. The van der Waals surface area contributed by atoms with Crippen molar-refractivity contribution >= 4 is 23.2 Å². The van der Waals surface area contributed by atoms with Crippen LogP contribution in [0.25, 0.3) is 0 Å². The summed E-state index contributed by atoms with van der Waals surface area (Å²) < 4.78 is 16.7. The number of carbonyl (C=O) groups excluding carboxylic acids is 2. The molecule has 9 heteroatoms. The van der Waals surface area contributed by atoms with E-state index in [1.54, 1.807) is 41.2 Å². The zero-order valence-electron chi connectivity index (χ0n) is 21.3. The summed E-state index contributed by atoms with van der Waals surface area (Å²) in [6, 6.07) is 16.3. The van der Waals surface area contributed by atoms with Crippen molar-refractivity contribution < 1.29 is 23.8 Å². The molecule has 4 rings (SSSR count). The van der Waals surface area contributed by atoms with Gasteiger partial charge in [-0.25, -0.2) is 0 Å². The molecule has 3 aromatic carbocycles. The fourth-order valence-corrected chi connectivity index (χ4v) is 4.34. The van der Waals surface area contributed by atoms with E-state index in [1.807, 2.05) is 37.3 Å². The number of nitrogens with two attached hydrogens (primary N) is 2. The van der Waals surface area contributed by atoms with Gasteiger partial charge in [0.2, 0.25) is 0 Å². The first kappa shape index (κ1) is 25.7. The van der Waals surface area contributed by atoms with Crippen molar-refractivity contribution in [1.82, 2.24) is 9.80 Å². The number of carbonyl (C=O) groups is 2. The highest BCUT2D eigenvalue weighted by Crippen LogP contribution is 2.34. The molecule has 0 radical (unpaired) electrons. The molecule has 1 aliphatic rings. The molecule has 0 aromatic heterocycles. The summed E-state index contributed by atoms with van der Waals surface area (Å²) in [4.78, 5) is 29.8. The molecule has 1 aliphatic heterocycles. The summed E-state index contributed by atoms with van der Waals surface area (Å²) in [5.74, 6) is 1.07. The minimum absolute atomic E-state index is 0.191. The Morgan fingerprint density at radius 2 is 1.27 bits per heavy atom. The lowest BCUT2D eigenvalue weighted by atomic mass is 10.1. The molecule has 0 aliphatic carbocycles. The van der Waals surface area contributed by atoms with E-state index in [-0.39, 0.29) is 11.8 Å². The van der Waals surface area contributed by atoms with Crippen molar-refractivity contribution in [3.8, 4) is 17.2 Å². The van der Waals surface area contributed by atoms with Crippen molar-refractivity contribution in [3.63, 3.8) is 0 Å². The summed E-state index contributed by atoms with van der Waals surface area (Å²) in [6.07, 6.45) is 0. The number of methoxy groups -OCH3 is 2. The van der Waals surface area contributed by atoms with E-state index < -0.39 is 0 Å². The van der Waals surface area contributed by atoms with Crippen LogP contribution in [0.5, 0.6) is 17.2 Å². The van der Waals surface area contributed by atoms with E-state index in [2.05, 4.69) is 0 Å². The first-order valence-electron chi connectivity index (χ1n) is 12.0. The van der Waals surface area contributed by atoms with Crippen molar-refractivity contribution in [2.45, 2.75) is 13.5 Å². The van der Waals surface area contributed by atoms with E-state index in [9.17, 15) is 9.59 Å². The fraction of sp³-hybridized carbons (Fsp3) is 0.286. The van der Waals surface area contributed by atoms with Gasteiger partial charge in [0, 0.05) is 43.6 Å². The minimum atomic E-state index is -0.228. The minimum Gasteiger partial charge on any atom is -0.496 e. The van der Waals surface area contributed by atoms with Crippen molar-refractivity contribution in [2.24, 2.45) is 0 Å². The van der Waals surface area contributed by atoms with Gasteiger partial charge >= 0.3 is 0 Å². The summed E-state index contributed by atoms with van der Waals surface area (Å²) in [7, 11) is 3.07. The van der Waals surface area contributed by atoms with Crippen LogP contribution in [0.1, 0.15) is 31.8 Å². The number of nitrogen functional groups attached to an aromatic ring is 2. The highest BCUT2D eigenvalue weighted by Gasteiger charge is 2.28. The third-order valence-corrected chi connectivity index (χ3v) is 6.45. The lowest BCUT2D eigenvalue weighted by Gasteiger charge is -2.35. The number of anilines is 2. The summed E-state index contributed by atoms with van der Waals surface area (Å²) in [6.45, 7) is 3.68. The van der Waals surface area contributed by atoms with Crippen LogP contribution in [0.15, 0.2) is 54.6 Å². The standard InChI is InChI=1S/C28H32N4O5/c1-18-13-22(29)20(14-24(18)35-2)27(33)31-9-11-32(12-10-31)28(34)21-15-25(36-3)26(16-23(21)30)37-17-19-7-5-4-6-8-19/h4-8,13-16H,9-12,17,29-30H2,1-3H3. The van der Waals surface area contributed by atoms with E-state index in [0.29, 0.717) is 72.5 Å². The normalized spacial score (nSPS) is 13.3. The largest absolute Gasteiger partial charge is 0.496 e. The Balaban J connectivity index is 1.43. The van der Waals surface area contributed by atoms with E-state index >= 15 is 0 Å². The first-order chi connectivity index (χ1) is 17.8. The van der Waals surface area contributed by atoms with Gasteiger partial charge in [-0.05, 0) is 36.2 Å². The number of benzene rings is 3. The number of hydrogen-bond acceptors (Lipinski definition) is 7. The molecule has 0 bridgehead atoms. The molecule has 2 amide bonds.